The van der Waals surface area contributed by atoms with Crippen molar-refractivity contribution in [1.29, 1.82) is 0 Å². The lowest BCUT2D eigenvalue weighted by Crippen LogP contribution is -2.41. The fourth-order valence-electron chi connectivity index (χ4n) is 1.85. The van der Waals surface area contributed by atoms with Crippen LogP contribution in [-0.2, 0) is 12.1 Å². The zero-order chi connectivity index (χ0) is 14.6. The van der Waals surface area contributed by atoms with E-state index < -0.39 is 0 Å². The van der Waals surface area contributed by atoms with Crippen molar-refractivity contribution < 1.29 is 0 Å². The molecule has 0 saturated carbocycles. The minimum atomic E-state index is -0.00760. The van der Waals surface area contributed by atoms with Crippen LogP contribution in [0.4, 0.5) is 0 Å². The minimum absolute atomic E-state index is 0.00760. The lowest BCUT2D eigenvalue weighted by atomic mass is 10.0. The van der Waals surface area contributed by atoms with Crippen LogP contribution in [0.2, 0.25) is 0 Å². The molecule has 0 saturated heterocycles. The van der Waals surface area contributed by atoms with Gasteiger partial charge in [0.1, 0.15) is 0 Å². The van der Waals surface area contributed by atoms with Crippen LogP contribution < -0.4 is 5.32 Å². The summed E-state index contributed by atoms with van der Waals surface area (Å²) in [5, 5.41) is 12.0. The minimum Gasteiger partial charge on any atom is -0.308 e. The van der Waals surface area contributed by atoms with Gasteiger partial charge in [0.2, 0.25) is 0 Å². The van der Waals surface area contributed by atoms with Crippen molar-refractivity contribution in [3.8, 4) is 0 Å². The SMILES string of the molecule is CC(C)C(CN(C)C)NCc1cn(C(C)(C)C)nn1. The lowest BCUT2D eigenvalue weighted by Gasteiger charge is -2.25. The Morgan fingerprint density at radius 3 is 2.37 bits per heavy atom. The molecule has 1 unspecified atom stereocenters. The number of aromatic nitrogens is 3. The van der Waals surface area contributed by atoms with E-state index >= 15 is 0 Å². The van der Waals surface area contributed by atoms with Gasteiger partial charge in [0.25, 0.3) is 0 Å². The molecule has 1 aromatic heterocycles. The van der Waals surface area contributed by atoms with Gasteiger partial charge in [0.15, 0.2) is 0 Å². The highest BCUT2D eigenvalue weighted by molar-refractivity contribution is 4.95. The van der Waals surface area contributed by atoms with Crippen molar-refractivity contribution in [2.45, 2.75) is 52.7 Å². The van der Waals surface area contributed by atoms with Crippen LogP contribution in [0.1, 0.15) is 40.3 Å². The average molecular weight is 267 g/mol. The zero-order valence-electron chi connectivity index (χ0n) is 13.4. The summed E-state index contributed by atoms with van der Waals surface area (Å²) < 4.78 is 1.92. The van der Waals surface area contributed by atoms with Gasteiger partial charge < -0.3 is 10.2 Å². The number of likely N-dealkylation sites (N-methyl/N-ethyl adjacent to an activating group) is 1. The summed E-state index contributed by atoms with van der Waals surface area (Å²) in [5.74, 6) is 0.597. The highest BCUT2D eigenvalue weighted by Gasteiger charge is 2.17. The average Bonchev–Trinajstić information content (AvgIpc) is 2.71. The topological polar surface area (TPSA) is 46.0 Å². The van der Waals surface area contributed by atoms with Crippen molar-refractivity contribution in [1.82, 2.24) is 25.2 Å². The highest BCUT2D eigenvalue weighted by atomic mass is 15.4. The lowest BCUT2D eigenvalue weighted by molar-refractivity contribution is 0.287. The summed E-state index contributed by atoms with van der Waals surface area (Å²) in [6.45, 7) is 12.7. The first-order valence-electron chi connectivity index (χ1n) is 7.00. The number of rotatable bonds is 6. The molecule has 0 amide bonds. The molecule has 0 aromatic carbocycles. The molecule has 1 atom stereocenters. The Morgan fingerprint density at radius 1 is 1.32 bits per heavy atom. The van der Waals surface area contributed by atoms with Gasteiger partial charge in [-0.15, -0.1) is 5.10 Å². The maximum Gasteiger partial charge on any atom is 0.0965 e. The van der Waals surface area contributed by atoms with E-state index in [4.69, 9.17) is 0 Å². The summed E-state index contributed by atoms with van der Waals surface area (Å²) in [6.07, 6.45) is 2.03. The van der Waals surface area contributed by atoms with Gasteiger partial charge in [-0.1, -0.05) is 19.1 Å². The second kappa shape index (κ2) is 6.48. The maximum absolute atomic E-state index is 4.23. The fraction of sp³-hybridized carbons (Fsp3) is 0.857. The Bertz CT molecular complexity index is 375. The monoisotopic (exact) mass is 267 g/mol. The van der Waals surface area contributed by atoms with E-state index in [0.29, 0.717) is 12.0 Å². The molecule has 0 spiro atoms. The molecule has 19 heavy (non-hydrogen) atoms. The summed E-state index contributed by atoms with van der Waals surface area (Å²) in [6, 6.07) is 0.467. The molecule has 0 aliphatic heterocycles. The van der Waals surface area contributed by atoms with Gasteiger partial charge in [0.05, 0.1) is 17.4 Å². The van der Waals surface area contributed by atoms with Crippen LogP contribution in [0.15, 0.2) is 6.20 Å². The normalized spacial score (nSPS) is 14.4. The first-order valence-corrected chi connectivity index (χ1v) is 7.00. The molecule has 0 fully saturated rings. The molecule has 0 radical (unpaired) electrons. The number of hydrogen-bond acceptors (Lipinski definition) is 4. The fourth-order valence-corrected chi connectivity index (χ4v) is 1.85. The Labute approximate surface area is 117 Å². The van der Waals surface area contributed by atoms with Crippen LogP contribution in [0.25, 0.3) is 0 Å². The van der Waals surface area contributed by atoms with Crippen molar-refractivity contribution in [2.75, 3.05) is 20.6 Å². The van der Waals surface area contributed by atoms with Crippen LogP contribution in [0, 0.1) is 5.92 Å². The Morgan fingerprint density at radius 2 is 1.95 bits per heavy atom. The van der Waals surface area contributed by atoms with Gasteiger partial charge in [-0.3, -0.25) is 0 Å². The van der Waals surface area contributed by atoms with Crippen molar-refractivity contribution >= 4 is 0 Å². The first-order chi connectivity index (χ1) is 8.70. The Balaban J connectivity index is 2.57. The smallest absolute Gasteiger partial charge is 0.0965 e. The van der Waals surface area contributed by atoms with Gasteiger partial charge in [-0.2, -0.15) is 0 Å². The summed E-state index contributed by atoms with van der Waals surface area (Å²) >= 11 is 0. The van der Waals surface area contributed by atoms with Gasteiger partial charge in [-0.05, 0) is 40.8 Å². The van der Waals surface area contributed by atoms with E-state index in [-0.39, 0.29) is 5.54 Å². The molecule has 0 aliphatic carbocycles. The first kappa shape index (κ1) is 16.1. The van der Waals surface area contributed by atoms with Crippen LogP contribution in [0.3, 0.4) is 0 Å². The van der Waals surface area contributed by atoms with E-state index in [9.17, 15) is 0 Å². The maximum atomic E-state index is 4.23. The third-order valence-electron chi connectivity index (χ3n) is 3.14. The van der Waals surface area contributed by atoms with Crippen LogP contribution in [0.5, 0.6) is 0 Å². The van der Waals surface area contributed by atoms with E-state index in [0.717, 1.165) is 18.8 Å². The molecular formula is C14H29N5. The van der Waals surface area contributed by atoms with Crippen molar-refractivity contribution in [2.24, 2.45) is 5.92 Å². The molecular weight excluding hydrogens is 238 g/mol. The van der Waals surface area contributed by atoms with Crippen molar-refractivity contribution in [3.05, 3.63) is 11.9 Å². The molecule has 1 N–H and O–H groups in total. The quantitative estimate of drug-likeness (QED) is 0.852. The number of nitrogens with zero attached hydrogens (tertiary/aromatic N) is 4. The molecule has 0 aliphatic rings. The largest absolute Gasteiger partial charge is 0.308 e. The van der Waals surface area contributed by atoms with Crippen LogP contribution >= 0.6 is 0 Å². The Kier molecular flexibility index (Phi) is 5.50. The van der Waals surface area contributed by atoms with E-state index in [1.807, 2.05) is 10.9 Å². The van der Waals surface area contributed by atoms with Gasteiger partial charge in [0, 0.05) is 19.1 Å². The van der Waals surface area contributed by atoms with Gasteiger partial charge >= 0.3 is 0 Å². The van der Waals surface area contributed by atoms with E-state index in [1.165, 1.54) is 0 Å². The third-order valence-corrected chi connectivity index (χ3v) is 3.14. The second-order valence-corrected chi connectivity index (χ2v) is 6.82. The summed E-state index contributed by atoms with van der Waals surface area (Å²) in [7, 11) is 4.21. The second-order valence-electron chi connectivity index (χ2n) is 6.82. The molecule has 0 bridgehead atoms. The predicted molar refractivity (Wildman–Crippen MR) is 79.0 cm³/mol. The molecule has 1 aromatic rings. The molecule has 1 rings (SSSR count). The Hall–Kier alpha value is -0.940. The van der Waals surface area contributed by atoms with Crippen LogP contribution in [-0.4, -0.2) is 46.6 Å². The molecule has 1 heterocycles. The highest BCUT2D eigenvalue weighted by Crippen LogP contribution is 2.12. The zero-order valence-corrected chi connectivity index (χ0v) is 13.4. The van der Waals surface area contributed by atoms with Gasteiger partial charge in [-0.25, -0.2) is 4.68 Å². The van der Waals surface area contributed by atoms with Crippen molar-refractivity contribution in [3.63, 3.8) is 0 Å². The number of hydrogen-bond donors (Lipinski definition) is 1. The third kappa shape index (κ3) is 5.28. The molecule has 110 valence electrons. The predicted octanol–water partition coefficient (Wildman–Crippen LogP) is 1.71. The summed E-state index contributed by atoms with van der Waals surface area (Å²) in [4.78, 5) is 2.21. The van der Waals surface area contributed by atoms with E-state index in [1.54, 1.807) is 0 Å². The standard InChI is InChI=1S/C14H29N5/c1-11(2)13(10-18(6)7)15-8-12-9-19(17-16-12)14(3,4)5/h9,11,13,15H,8,10H2,1-7H3. The molecule has 5 heteroatoms. The molecule has 5 nitrogen and oxygen atoms in total. The number of nitrogens with one attached hydrogen (secondary N) is 1. The van der Waals surface area contributed by atoms with E-state index in [2.05, 4.69) is 69.2 Å². The summed E-state index contributed by atoms with van der Waals surface area (Å²) in [5.41, 5.74) is 0.992.